The fourth-order valence-electron chi connectivity index (χ4n) is 3.67. The summed E-state index contributed by atoms with van der Waals surface area (Å²) in [5.41, 5.74) is 1.96. The van der Waals surface area contributed by atoms with Crippen LogP contribution in [0.3, 0.4) is 0 Å². The van der Waals surface area contributed by atoms with Gasteiger partial charge in [-0.3, -0.25) is 14.5 Å². The zero-order chi connectivity index (χ0) is 25.5. The van der Waals surface area contributed by atoms with Crippen LogP contribution in [0.5, 0.6) is 5.75 Å². The number of methoxy groups -OCH3 is 1. The Hall–Kier alpha value is -3.49. The van der Waals surface area contributed by atoms with Gasteiger partial charge in [0.1, 0.15) is 17.2 Å². The zero-order valence-electron chi connectivity index (χ0n) is 19.9. The van der Waals surface area contributed by atoms with Crippen molar-refractivity contribution < 1.29 is 18.7 Å². The summed E-state index contributed by atoms with van der Waals surface area (Å²) in [6.45, 7) is 1.98. The van der Waals surface area contributed by atoms with Gasteiger partial charge in [-0.25, -0.2) is 4.99 Å². The van der Waals surface area contributed by atoms with Crippen LogP contribution in [-0.2, 0) is 16.0 Å². The van der Waals surface area contributed by atoms with Gasteiger partial charge in [-0.15, -0.1) is 0 Å². The van der Waals surface area contributed by atoms with Gasteiger partial charge in [0.15, 0.2) is 5.17 Å². The Morgan fingerprint density at radius 1 is 1.22 bits per heavy atom. The number of nitrogens with zero attached hydrogens (tertiary/aromatic N) is 2. The monoisotopic (exact) mass is 523 g/mol. The van der Waals surface area contributed by atoms with E-state index in [-0.39, 0.29) is 29.3 Å². The molecule has 2 aromatic carbocycles. The second-order valence-corrected chi connectivity index (χ2v) is 9.53. The molecule has 0 fully saturated rings. The van der Waals surface area contributed by atoms with Crippen LogP contribution in [0, 0.1) is 0 Å². The third-order valence-electron chi connectivity index (χ3n) is 5.49. The van der Waals surface area contributed by atoms with Crippen molar-refractivity contribution in [2.75, 3.05) is 17.8 Å². The number of amides is 2. The highest BCUT2D eigenvalue weighted by Gasteiger charge is 2.33. The van der Waals surface area contributed by atoms with Gasteiger partial charge in [-0.05, 0) is 55.7 Å². The second kappa shape index (κ2) is 12.0. The second-order valence-electron chi connectivity index (χ2n) is 8.18. The van der Waals surface area contributed by atoms with Gasteiger partial charge in [0.25, 0.3) is 5.91 Å². The summed E-state index contributed by atoms with van der Waals surface area (Å²) in [6, 6.07) is 18.7. The first-order valence-electron chi connectivity index (χ1n) is 11.4. The number of carbonyl (C=O) groups excluding carboxylic acids is 2. The summed E-state index contributed by atoms with van der Waals surface area (Å²) in [6.07, 6.45) is 4.80. The zero-order valence-corrected chi connectivity index (χ0v) is 21.5. The van der Waals surface area contributed by atoms with Crippen molar-refractivity contribution in [1.29, 1.82) is 0 Å². The molecule has 1 aromatic heterocycles. The Balaban J connectivity index is 1.45. The molecule has 0 unspecified atom stereocenters. The molecular formula is C27H26ClN3O4S. The summed E-state index contributed by atoms with van der Waals surface area (Å²) in [7, 11) is 1.52. The average molecular weight is 524 g/mol. The maximum absolute atomic E-state index is 13.3. The molecule has 9 heteroatoms. The van der Waals surface area contributed by atoms with Crippen LogP contribution in [-0.4, -0.2) is 35.9 Å². The number of aliphatic imine (C=N–C) groups is 1. The minimum atomic E-state index is -0.341. The van der Waals surface area contributed by atoms with E-state index in [4.69, 9.17) is 20.8 Å². The molecule has 0 spiro atoms. The molecule has 36 heavy (non-hydrogen) atoms. The molecule has 2 heterocycles. The number of hydrogen-bond acceptors (Lipinski definition) is 6. The van der Waals surface area contributed by atoms with Gasteiger partial charge in [0, 0.05) is 12.1 Å². The van der Waals surface area contributed by atoms with Crippen molar-refractivity contribution in [1.82, 2.24) is 5.32 Å². The van der Waals surface area contributed by atoms with Crippen molar-refractivity contribution >= 4 is 52.1 Å². The van der Waals surface area contributed by atoms with E-state index in [1.165, 1.54) is 35.6 Å². The average Bonchev–Trinajstić information content (AvgIpc) is 3.50. The van der Waals surface area contributed by atoms with Crippen molar-refractivity contribution in [3.05, 3.63) is 89.0 Å². The lowest BCUT2D eigenvalue weighted by molar-refractivity contribution is -0.119. The number of aryl methyl sites for hydroxylation is 1. The van der Waals surface area contributed by atoms with Gasteiger partial charge in [-0.1, -0.05) is 53.7 Å². The van der Waals surface area contributed by atoms with Crippen molar-refractivity contribution in [2.24, 2.45) is 4.99 Å². The van der Waals surface area contributed by atoms with Crippen molar-refractivity contribution in [3.8, 4) is 5.75 Å². The molecule has 2 amide bonds. The number of ether oxygens (including phenoxy) is 1. The summed E-state index contributed by atoms with van der Waals surface area (Å²) in [5, 5.41) is 3.77. The lowest BCUT2D eigenvalue weighted by atomic mass is 10.1. The number of rotatable bonds is 9. The molecule has 0 saturated heterocycles. The first-order chi connectivity index (χ1) is 17.4. The van der Waals surface area contributed by atoms with Crippen LogP contribution in [0.25, 0.3) is 6.08 Å². The van der Waals surface area contributed by atoms with Crippen molar-refractivity contribution in [3.63, 3.8) is 0 Å². The summed E-state index contributed by atoms with van der Waals surface area (Å²) in [4.78, 5) is 31.9. The third kappa shape index (κ3) is 6.38. The molecular weight excluding hydrogens is 498 g/mol. The first kappa shape index (κ1) is 25.6. The topological polar surface area (TPSA) is 84.1 Å². The molecule has 7 nitrogen and oxygen atoms in total. The van der Waals surface area contributed by atoms with E-state index < -0.39 is 0 Å². The van der Waals surface area contributed by atoms with Crippen LogP contribution >= 0.6 is 23.4 Å². The number of furan rings is 1. The normalized spacial score (nSPS) is 15.2. The molecule has 186 valence electrons. The number of anilines is 1. The molecule has 4 rings (SSSR count). The Morgan fingerprint density at radius 2 is 2.03 bits per heavy atom. The van der Waals surface area contributed by atoms with Gasteiger partial charge in [0.2, 0.25) is 5.91 Å². The molecule has 0 saturated carbocycles. The van der Waals surface area contributed by atoms with Crippen LogP contribution < -0.4 is 15.0 Å². The maximum atomic E-state index is 13.3. The Kier molecular flexibility index (Phi) is 8.51. The van der Waals surface area contributed by atoms with E-state index in [1.807, 2.05) is 25.1 Å². The predicted molar refractivity (Wildman–Crippen MR) is 144 cm³/mol. The smallest absolute Gasteiger partial charge is 0.283 e. The highest BCUT2D eigenvalue weighted by molar-refractivity contribution is 8.14. The maximum Gasteiger partial charge on any atom is 0.283 e. The van der Waals surface area contributed by atoms with Gasteiger partial charge in [0.05, 0.1) is 29.8 Å². The van der Waals surface area contributed by atoms with E-state index in [1.54, 1.807) is 36.4 Å². The molecule has 1 N–H and O–H groups in total. The fourth-order valence-corrected chi connectivity index (χ4v) is 4.75. The SMILES string of the molecule is COc1ccc(N2C(=O)/C(=C/c3ccco3)N=C2SCC(=O)N[C@@H](C)CCc2ccccc2)cc1Cl. The number of nitrogens with one attached hydrogen (secondary N) is 1. The number of amidine groups is 1. The lowest BCUT2D eigenvalue weighted by Gasteiger charge is -2.19. The minimum absolute atomic E-state index is 0.0105. The molecule has 0 radical (unpaired) electrons. The molecule has 1 aliphatic rings. The quantitative estimate of drug-likeness (QED) is 0.371. The van der Waals surface area contributed by atoms with Gasteiger partial charge >= 0.3 is 0 Å². The summed E-state index contributed by atoms with van der Waals surface area (Å²) in [5.74, 6) is 0.633. The number of benzene rings is 2. The van der Waals surface area contributed by atoms with E-state index >= 15 is 0 Å². The van der Waals surface area contributed by atoms with Crippen LogP contribution in [0.1, 0.15) is 24.7 Å². The van der Waals surface area contributed by atoms with Crippen LogP contribution in [0.4, 0.5) is 5.69 Å². The van der Waals surface area contributed by atoms with E-state index in [0.717, 1.165) is 12.8 Å². The predicted octanol–water partition coefficient (Wildman–Crippen LogP) is 5.56. The minimum Gasteiger partial charge on any atom is -0.495 e. The van der Waals surface area contributed by atoms with Gasteiger partial charge < -0.3 is 14.5 Å². The lowest BCUT2D eigenvalue weighted by Crippen LogP contribution is -2.36. The fraction of sp³-hybridized carbons (Fsp3) is 0.222. The van der Waals surface area contributed by atoms with E-state index in [2.05, 4.69) is 22.4 Å². The van der Waals surface area contributed by atoms with Gasteiger partial charge in [-0.2, -0.15) is 0 Å². The van der Waals surface area contributed by atoms with E-state index in [9.17, 15) is 9.59 Å². The molecule has 0 bridgehead atoms. The number of halogens is 1. The Bertz CT molecular complexity index is 1280. The highest BCUT2D eigenvalue weighted by Crippen LogP contribution is 2.34. The molecule has 1 aliphatic heterocycles. The first-order valence-corrected chi connectivity index (χ1v) is 12.8. The molecule has 3 aromatic rings. The summed E-state index contributed by atoms with van der Waals surface area (Å²) < 4.78 is 10.6. The van der Waals surface area contributed by atoms with Crippen LogP contribution in [0.15, 0.2) is 82.0 Å². The largest absolute Gasteiger partial charge is 0.495 e. The number of carbonyl (C=O) groups is 2. The van der Waals surface area contributed by atoms with Crippen LogP contribution in [0.2, 0.25) is 5.02 Å². The van der Waals surface area contributed by atoms with Crippen molar-refractivity contribution in [2.45, 2.75) is 25.8 Å². The molecule has 1 atom stereocenters. The summed E-state index contributed by atoms with van der Waals surface area (Å²) >= 11 is 7.49. The van der Waals surface area contributed by atoms with E-state index in [0.29, 0.717) is 27.4 Å². The Morgan fingerprint density at radius 3 is 2.72 bits per heavy atom. The highest BCUT2D eigenvalue weighted by atomic mass is 35.5. The molecule has 0 aliphatic carbocycles. The number of hydrogen-bond donors (Lipinski definition) is 1. The number of thioether (sulfide) groups is 1. The Labute approximate surface area is 219 Å². The standard InChI is InChI=1S/C27H26ClN3O4S/c1-18(10-11-19-7-4-3-5-8-19)29-25(32)17-36-27-30-23(16-21-9-6-14-35-21)26(33)31(27)20-12-13-24(34-2)22(28)15-20/h3-9,12-16,18H,10-11,17H2,1-2H3,(H,29,32)/b23-16-/t18-/m0/s1. The third-order valence-corrected chi connectivity index (χ3v) is 6.73.